The Hall–Kier alpha value is -0.940. The van der Waals surface area contributed by atoms with Crippen LogP contribution in [-0.2, 0) is 0 Å². The molecule has 5 heteroatoms. The van der Waals surface area contributed by atoms with Crippen LogP contribution >= 0.6 is 11.3 Å². The van der Waals surface area contributed by atoms with Crippen molar-refractivity contribution in [2.24, 2.45) is 0 Å². The number of anilines is 1. The van der Waals surface area contributed by atoms with Crippen molar-refractivity contribution in [3.8, 4) is 0 Å². The molecule has 2 heterocycles. The molecule has 0 spiro atoms. The molecule has 1 saturated heterocycles. The summed E-state index contributed by atoms with van der Waals surface area (Å²) in [6.07, 6.45) is 0.802. The molecule has 14 heavy (non-hydrogen) atoms. The second-order valence-corrected chi connectivity index (χ2v) is 4.30. The monoisotopic (exact) mass is 211 g/mol. The summed E-state index contributed by atoms with van der Waals surface area (Å²) in [5.41, 5.74) is 0.545. The summed E-state index contributed by atoms with van der Waals surface area (Å²) >= 11 is 1.55. The minimum Gasteiger partial charge on any atom is -0.346 e. The topological polar surface area (TPSA) is 36.4 Å². The van der Waals surface area contributed by atoms with Crippen molar-refractivity contribution in [3.05, 3.63) is 11.1 Å². The first-order chi connectivity index (χ1) is 6.79. The Balaban J connectivity index is 2.04. The van der Waals surface area contributed by atoms with E-state index in [4.69, 9.17) is 0 Å². The van der Waals surface area contributed by atoms with Crippen LogP contribution in [0.5, 0.6) is 0 Å². The van der Waals surface area contributed by atoms with Crippen molar-refractivity contribution in [1.29, 1.82) is 0 Å². The fraction of sp³-hybridized carbons (Fsp3) is 0.556. The molecule has 2 rings (SSSR count). The van der Waals surface area contributed by atoms with E-state index in [0.29, 0.717) is 5.69 Å². The molecule has 0 N–H and O–H groups in total. The van der Waals surface area contributed by atoms with E-state index in [1.165, 1.54) is 0 Å². The minimum atomic E-state index is 0.545. The number of hydrogen-bond donors (Lipinski definition) is 0. The van der Waals surface area contributed by atoms with E-state index < -0.39 is 0 Å². The lowest BCUT2D eigenvalue weighted by Crippen LogP contribution is -2.44. The van der Waals surface area contributed by atoms with Crippen LogP contribution < -0.4 is 4.90 Å². The number of aromatic nitrogens is 1. The number of rotatable bonds is 2. The zero-order valence-corrected chi connectivity index (χ0v) is 8.96. The first-order valence-electron chi connectivity index (χ1n) is 4.64. The number of piperazine rings is 1. The van der Waals surface area contributed by atoms with E-state index in [-0.39, 0.29) is 0 Å². The van der Waals surface area contributed by atoms with E-state index in [0.717, 1.165) is 37.6 Å². The number of likely N-dealkylation sites (N-methyl/N-ethyl adjacent to an activating group) is 1. The van der Waals surface area contributed by atoms with E-state index in [9.17, 15) is 4.79 Å². The summed E-state index contributed by atoms with van der Waals surface area (Å²) in [6.45, 7) is 4.14. The molecular weight excluding hydrogens is 198 g/mol. The van der Waals surface area contributed by atoms with Gasteiger partial charge in [0.05, 0.1) is 0 Å². The molecule has 1 aliphatic rings. The smallest absolute Gasteiger partial charge is 0.186 e. The predicted octanol–water partition coefficient (Wildman–Crippen LogP) is 0.707. The molecule has 0 atom stereocenters. The first-order valence-corrected chi connectivity index (χ1v) is 5.52. The molecule has 1 aromatic heterocycles. The minimum absolute atomic E-state index is 0.545. The Bertz CT molecular complexity index is 318. The number of nitrogens with zero attached hydrogens (tertiary/aromatic N) is 3. The Morgan fingerprint density at radius 2 is 2.14 bits per heavy atom. The van der Waals surface area contributed by atoms with Gasteiger partial charge >= 0.3 is 0 Å². The van der Waals surface area contributed by atoms with E-state index in [1.807, 2.05) is 0 Å². The summed E-state index contributed by atoms with van der Waals surface area (Å²) in [5, 5.41) is 2.78. The molecule has 4 nitrogen and oxygen atoms in total. The zero-order chi connectivity index (χ0) is 9.97. The molecule has 0 amide bonds. The molecule has 1 aromatic rings. The summed E-state index contributed by atoms with van der Waals surface area (Å²) in [6, 6.07) is 0. The Labute approximate surface area is 87.2 Å². The van der Waals surface area contributed by atoms with Crippen molar-refractivity contribution in [2.75, 3.05) is 38.1 Å². The van der Waals surface area contributed by atoms with Gasteiger partial charge in [-0.25, -0.2) is 4.98 Å². The van der Waals surface area contributed by atoms with Crippen LogP contribution in [0.15, 0.2) is 5.38 Å². The zero-order valence-electron chi connectivity index (χ0n) is 8.14. The SMILES string of the molecule is CN1CCN(c2nc(C=O)cs2)CC1. The molecule has 0 unspecified atom stereocenters. The molecule has 76 valence electrons. The highest BCUT2D eigenvalue weighted by Crippen LogP contribution is 2.20. The van der Waals surface area contributed by atoms with Crippen molar-refractivity contribution in [3.63, 3.8) is 0 Å². The van der Waals surface area contributed by atoms with Gasteiger partial charge in [-0.15, -0.1) is 11.3 Å². The van der Waals surface area contributed by atoms with Crippen LogP contribution in [0.3, 0.4) is 0 Å². The van der Waals surface area contributed by atoms with Crippen molar-refractivity contribution < 1.29 is 4.79 Å². The number of aldehydes is 1. The molecule has 0 aromatic carbocycles. The van der Waals surface area contributed by atoms with Gasteiger partial charge in [-0.3, -0.25) is 4.79 Å². The Morgan fingerprint density at radius 3 is 2.71 bits per heavy atom. The van der Waals surface area contributed by atoms with Crippen molar-refractivity contribution >= 4 is 22.8 Å². The first kappa shape index (κ1) is 9.61. The molecule has 1 aliphatic heterocycles. The van der Waals surface area contributed by atoms with E-state index >= 15 is 0 Å². The summed E-state index contributed by atoms with van der Waals surface area (Å²) in [4.78, 5) is 19.2. The van der Waals surface area contributed by atoms with Gasteiger partial charge in [0.25, 0.3) is 0 Å². The van der Waals surface area contributed by atoms with Gasteiger partial charge in [-0.05, 0) is 7.05 Å². The summed E-state index contributed by atoms with van der Waals surface area (Å²) in [5.74, 6) is 0. The Morgan fingerprint density at radius 1 is 1.43 bits per heavy atom. The third kappa shape index (κ3) is 1.93. The lowest BCUT2D eigenvalue weighted by Gasteiger charge is -2.32. The molecule has 0 bridgehead atoms. The van der Waals surface area contributed by atoms with E-state index in [2.05, 4.69) is 21.8 Å². The fourth-order valence-electron chi connectivity index (χ4n) is 1.47. The maximum atomic E-state index is 10.5. The van der Waals surface area contributed by atoms with Crippen LogP contribution in [0.2, 0.25) is 0 Å². The van der Waals surface area contributed by atoms with Gasteiger partial charge < -0.3 is 9.80 Å². The normalized spacial score (nSPS) is 18.5. The maximum Gasteiger partial charge on any atom is 0.186 e. The maximum absolute atomic E-state index is 10.5. The predicted molar refractivity (Wildman–Crippen MR) is 57.2 cm³/mol. The summed E-state index contributed by atoms with van der Waals surface area (Å²) in [7, 11) is 2.12. The molecular formula is C9H13N3OS. The van der Waals surface area contributed by atoms with Gasteiger partial charge in [-0.2, -0.15) is 0 Å². The molecule has 0 aliphatic carbocycles. The highest BCUT2D eigenvalue weighted by molar-refractivity contribution is 7.13. The molecule has 1 fully saturated rings. The highest BCUT2D eigenvalue weighted by atomic mass is 32.1. The van der Waals surface area contributed by atoms with Crippen molar-refractivity contribution in [2.45, 2.75) is 0 Å². The number of thiazole rings is 1. The lowest BCUT2D eigenvalue weighted by molar-refractivity contribution is 0.111. The van der Waals surface area contributed by atoms with Gasteiger partial charge in [0.1, 0.15) is 5.69 Å². The van der Waals surface area contributed by atoms with Crippen LogP contribution in [0.1, 0.15) is 10.5 Å². The third-order valence-electron chi connectivity index (χ3n) is 2.40. The average Bonchev–Trinajstić information content (AvgIpc) is 2.67. The molecule has 0 radical (unpaired) electrons. The summed E-state index contributed by atoms with van der Waals surface area (Å²) < 4.78 is 0. The van der Waals surface area contributed by atoms with Crippen LogP contribution in [0.25, 0.3) is 0 Å². The van der Waals surface area contributed by atoms with Crippen LogP contribution in [-0.4, -0.2) is 49.4 Å². The number of hydrogen-bond acceptors (Lipinski definition) is 5. The van der Waals surface area contributed by atoms with Crippen molar-refractivity contribution in [1.82, 2.24) is 9.88 Å². The third-order valence-corrected chi connectivity index (χ3v) is 3.32. The quantitative estimate of drug-likeness (QED) is 0.675. The van der Waals surface area contributed by atoms with Crippen LogP contribution in [0, 0.1) is 0 Å². The standard InChI is InChI=1S/C9H13N3OS/c1-11-2-4-12(5-3-11)9-10-8(6-13)7-14-9/h6-7H,2-5H2,1H3. The highest BCUT2D eigenvalue weighted by Gasteiger charge is 2.16. The fourth-order valence-corrected chi connectivity index (χ4v) is 2.30. The van der Waals surface area contributed by atoms with Gasteiger partial charge in [0, 0.05) is 31.6 Å². The number of carbonyl (C=O) groups excluding carboxylic acids is 1. The average molecular weight is 211 g/mol. The van der Waals surface area contributed by atoms with Gasteiger partial charge in [0.2, 0.25) is 0 Å². The lowest BCUT2D eigenvalue weighted by atomic mass is 10.3. The van der Waals surface area contributed by atoms with Crippen LogP contribution in [0.4, 0.5) is 5.13 Å². The second kappa shape index (κ2) is 4.06. The van der Waals surface area contributed by atoms with Gasteiger partial charge in [0.15, 0.2) is 11.4 Å². The van der Waals surface area contributed by atoms with Gasteiger partial charge in [-0.1, -0.05) is 0 Å². The Kier molecular flexibility index (Phi) is 2.79. The number of carbonyl (C=O) groups is 1. The molecule has 0 saturated carbocycles. The van der Waals surface area contributed by atoms with E-state index in [1.54, 1.807) is 16.7 Å². The largest absolute Gasteiger partial charge is 0.346 e. The second-order valence-electron chi connectivity index (χ2n) is 3.46.